The van der Waals surface area contributed by atoms with E-state index >= 15 is 0 Å². The maximum Gasteiger partial charge on any atom is 0.230 e. The Kier molecular flexibility index (Phi) is 6.49. The van der Waals surface area contributed by atoms with E-state index in [0.717, 1.165) is 52.0 Å². The highest BCUT2D eigenvalue weighted by Gasteiger charge is 2.40. The van der Waals surface area contributed by atoms with Crippen LogP contribution >= 0.6 is 0 Å². The Hall–Kier alpha value is -2.33. The Morgan fingerprint density at radius 1 is 0.938 bits per heavy atom. The molecule has 5 rings (SSSR count). The minimum atomic E-state index is -0.0227. The number of carbonyl (C=O) groups excluding carboxylic acids is 1. The smallest absolute Gasteiger partial charge is 0.230 e. The minimum Gasteiger partial charge on any atom is -0.369 e. The predicted molar refractivity (Wildman–Crippen MR) is 131 cm³/mol. The fraction of sp³-hybridized carbons (Fsp3) is 0.536. The Labute approximate surface area is 193 Å². The summed E-state index contributed by atoms with van der Waals surface area (Å²) in [5, 5.41) is 0. The molecule has 0 radical (unpaired) electrons. The van der Waals surface area contributed by atoms with Gasteiger partial charge < -0.3 is 14.7 Å². The number of piperidine rings is 1. The zero-order valence-corrected chi connectivity index (χ0v) is 19.5. The van der Waals surface area contributed by atoms with E-state index in [1.165, 1.54) is 36.1 Å². The summed E-state index contributed by atoms with van der Waals surface area (Å²) < 4.78 is 0. The molecule has 3 aliphatic rings. The van der Waals surface area contributed by atoms with E-state index in [2.05, 4.69) is 76.3 Å². The topological polar surface area (TPSA) is 26.8 Å². The van der Waals surface area contributed by atoms with Gasteiger partial charge >= 0.3 is 0 Å². The zero-order chi connectivity index (χ0) is 21.9. The van der Waals surface area contributed by atoms with Crippen molar-refractivity contribution in [2.24, 2.45) is 0 Å². The molecule has 170 valence electrons. The van der Waals surface area contributed by atoms with Crippen molar-refractivity contribution in [3.05, 3.63) is 65.7 Å². The van der Waals surface area contributed by atoms with Crippen molar-refractivity contribution in [1.29, 1.82) is 0 Å². The molecule has 3 heterocycles. The van der Waals surface area contributed by atoms with Gasteiger partial charge in [-0.1, -0.05) is 61.4 Å². The van der Waals surface area contributed by atoms with Gasteiger partial charge in [0.2, 0.25) is 5.91 Å². The highest BCUT2D eigenvalue weighted by Crippen LogP contribution is 2.44. The van der Waals surface area contributed by atoms with E-state index in [1.807, 2.05) is 0 Å². The van der Waals surface area contributed by atoms with Crippen LogP contribution in [0.5, 0.6) is 0 Å². The van der Waals surface area contributed by atoms with Crippen LogP contribution in [0.3, 0.4) is 0 Å². The second kappa shape index (κ2) is 9.66. The number of likely N-dealkylation sites (N-methyl/N-ethyl adjacent to an activating group) is 1. The summed E-state index contributed by atoms with van der Waals surface area (Å²) >= 11 is 0. The van der Waals surface area contributed by atoms with Crippen LogP contribution < -0.4 is 4.90 Å². The van der Waals surface area contributed by atoms with E-state index in [4.69, 9.17) is 0 Å². The van der Waals surface area contributed by atoms with Crippen molar-refractivity contribution in [2.45, 2.75) is 56.4 Å². The van der Waals surface area contributed by atoms with E-state index in [1.54, 1.807) is 0 Å². The summed E-state index contributed by atoms with van der Waals surface area (Å²) in [4.78, 5) is 20.9. The number of rotatable bonds is 5. The number of hydrogen-bond acceptors (Lipinski definition) is 3. The number of para-hydroxylation sites is 1. The molecule has 0 aliphatic carbocycles. The van der Waals surface area contributed by atoms with Gasteiger partial charge in [-0.2, -0.15) is 0 Å². The standard InChI is InChI=1S/C28H37N3O/c1-29-26-14-8-7-13-24(26)25-16-20-30(21-27(25)29)19-15-23(22-11-5-4-6-12-22)28(32)31-17-9-2-3-10-18-31/h4-8,11-14,23,25,27H,2-3,9-10,15-21H2,1H3/t23?,25-,27+/m0/s1. The molecule has 2 aromatic carbocycles. The average Bonchev–Trinajstić information content (AvgIpc) is 3.00. The normalized spacial score (nSPS) is 24.5. The lowest BCUT2D eigenvalue weighted by Gasteiger charge is -2.39. The number of anilines is 1. The summed E-state index contributed by atoms with van der Waals surface area (Å²) in [6.45, 7) is 5.07. The first-order valence-electron chi connectivity index (χ1n) is 12.6. The summed E-state index contributed by atoms with van der Waals surface area (Å²) in [7, 11) is 2.25. The van der Waals surface area contributed by atoms with Gasteiger partial charge in [0.05, 0.1) is 5.92 Å². The van der Waals surface area contributed by atoms with E-state index in [0.29, 0.717) is 17.9 Å². The second-order valence-electron chi connectivity index (χ2n) is 9.92. The molecule has 32 heavy (non-hydrogen) atoms. The number of likely N-dealkylation sites (tertiary alicyclic amines) is 2. The number of amides is 1. The highest BCUT2D eigenvalue weighted by molar-refractivity contribution is 5.83. The van der Waals surface area contributed by atoms with Gasteiger partial charge in [0.1, 0.15) is 0 Å². The van der Waals surface area contributed by atoms with Gasteiger partial charge in [0.15, 0.2) is 0 Å². The predicted octanol–water partition coefficient (Wildman–Crippen LogP) is 4.87. The fourth-order valence-corrected chi connectivity index (χ4v) is 6.20. The van der Waals surface area contributed by atoms with E-state index in [9.17, 15) is 4.79 Å². The highest BCUT2D eigenvalue weighted by atomic mass is 16.2. The lowest BCUT2D eigenvalue weighted by atomic mass is 9.87. The molecular weight excluding hydrogens is 394 g/mol. The third-order valence-electron chi connectivity index (χ3n) is 8.03. The van der Waals surface area contributed by atoms with Crippen LogP contribution in [0.25, 0.3) is 0 Å². The number of carbonyl (C=O) groups is 1. The van der Waals surface area contributed by atoms with E-state index in [-0.39, 0.29) is 5.92 Å². The number of benzene rings is 2. The zero-order valence-electron chi connectivity index (χ0n) is 19.5. The van der Waals surface area contributed by atoms with Crippen molar-refractivity contribution in [3.63, 3.8) is 0 Å². The quantitative estimate of drug-likeness (QED) is 0.676. The average molecular weight is 432 g/mol. The summed E-state index contributed by atoms with van der Waals surface area (Å²) in [5.74, 6) is 0.972. The summed E-state index contributed by atoms with van der Waals surface area (Å²) in [6.07, 6.45) is 6.93. The fourth-order valence-electron chi connectivity index (χ4n) is 6.20. The molecule has 0 saturated carbocycles. The number of hydrogen-bond donors (Lipinski definition) is 0. The molecule has 2 saturated heterocycles. The molecule has 0 spiro atoms. The first-order valence-corrected chi connectivity index (χ1v) is 12.6. The molecule has 1 unspecified atom stereocenters. The molecule has 0 N–H and O–H groups in total. The lowest BCUT2D eigenvalue weighted by Crippen LogP contribution is -2.48. The second-order valence-corrected chi connectivity index (χ2v) is 9.92. The van der Waals surface area contributed by atoms with Crippen molar-refractivity contribution in [3.8, 4) is 0 Å². The van der Waals surface area contributed by atoms with Crippen LogP contribution in [0.2, 0.25) is 0 Å². The summed E-state index contributed by atoms with van der Waals surface area (Å²) in [5.41, 5.74) is 4.11. The lowest BCUT2D eigenvalue weighted by molar-refractivity contribution is -0.133. The van der Waals surface area contributed by atoms with Gasteiger partial charge in [0, 0.05) is 44.3 Å². The molecule has 2 fully saturated rings. The Morgan fingerprint density at radius 2 is 1.66 bits per heavy atom. The molecule has 0 aromatic heterocycles. The van der Waals surface area contributed by atoms with Gasteiger partial charge in [-0.3, -0.25) is 4.79 Å². The van der Waals surface area contributed by atoms with Crippen molar-refractivity contribution in [1.82, 2.24) is 9.80 Å². The third-order valence-corrected chi connectivity index (χ3v) is 8.03. The molecule has 4 nitrogen and oxygen atoms in total. The van der Waals surface area contributed by atoms with Gasteiger partial charge in [-0.15, -0.1) is 0 Å². The van der Waals surface area contributed by atoms with Gasteiger partial charge in [-0.25, -0.2) is 0 Å². The SMILES string of the molecule is CN1c2ccccc2[C@@H]2CCN(CCC(C(=O)N3CCCCCC3)c3ccccc3)C[C@H]21. The Morgan fingerprint density at radius 3 is 2.44 bits per heavy atom. The van der Waals surface area contributed by atoms with Crippen molar-refractivity contribution >= 4 is 11.6 Å². The van der Waals surface area contributed by atoms with Gasteiger partial charge in [0.25, 0.3) is 0 Å². The van der Waals surface area contributed by atoms with Crippen molar-refractivity contribution in [2.75, 3.05) is 44.7 Å². The molecule has 0 bridgehead atoms. The summed E-state index contributed by atoms with van der Waals surface area (Å²) in [6, 6.07) is 20.0. The first kappa shape index (κ1) is 21.5. The first-order chi connectivity index (χ1) is 15.7. The maximum absolute atomic E-state index is 13.6. The number of fused-ring (bicyclic) bond motifs is 3. The monoisotopic (exact) mass is 431 g/mol. The van der Waals surface area contributed by atoms with Crippen LogP contribution in [0.4, 0.5) is 5.69 Å². The third kappa shape index (κ3) is 4.30. The van der Waals surface area contributed by atoms with Crippen LogP contribution in [-0.4, -0.2) is 61.5 Å². The molecule has 3 aliphatic heterocycles. The van der Waals surface area contributed by atoms with Gasteiger partial charge in [-0.05, 0) is 56.0 Å². The minimum absolute atomic E-state index is 0.0227. The van der Waals surface area contributed by atoms with Crippen LogP contribution in [-0.2, 0) is 4.79 Å². The Bertz CT molecular complexity index is 906. The van der Waals surface area contributed by atoms with Crippen LogP contribution in [0.1, 0.15) is 61.5 Å². The molecular formula is C28H37N3O. The molecule has 1 amide bonds. The number of nitrogens with zero attached hydrogens (tertiary/aromatic N) is 3. The molecule has 4 heteroatoms. The van der Waals surface area contributed by atoms with Crippen molar-refractivity contribution < 1.29 is 4.79 Å². The Balaban J connectivity index is 1.26. The molecule has 2 aromatic rings. The van der Waals surface area contributed by atoms with Crippen LogP contribution in [0, 0.1) is 0 Å². The van der Waals surface area contributed by atoms with E-state index < -0.39 is 0 Å². The largest absolute Gasteiger partial charge is 0.369 e. The molecule has 3 atom stereocenters. The maximum atomic E-state index is 13.6. The van der Waals surface area contributed by atoms with Crippen LogP contribution in [0.15, 0.2) is 54.6 Å².